The second-order valence-corrected chi connectivity index (χ2v) is 7.12. The van der Waals surface area contributed by atoms with E-state index in [1.54, 1.807) is 0 Å². The molecule has 146 valence electrons. The Labute approximate surface area is 173 Å². The average Bonchev–Trinajstić information content (AvgIpc) is 3.37. The van der Waals surface area contributed by atoms with Gasteiger partial charge in [0.25, 0.3) is 0 Å². The summed E-state index contributed by atoms with van der Waals surface area (Å²) in [6.45, 7) is 3.34. The van der Waals surface area contributed by atoms with Gasteiger partial charge in [-0.15, -0.1) is 24.8 Å². The van der Waals surface area contributed by atoms with Crippen molar-refractivity contribution in [2.24, 2.45) is 5.92 Å². The van der Waals surface area contributed by atoms with E-state index in [-0.39, 0.29) is 30.7 Å². The first-order valence-electron chi connectivity index (χ1n) is 9.20. The minimum Gasteiger partial charge on any atom is -0.367 e. The molecule has 1 heterocycles. The van der Waals surface area contributed by atoms with Gasteiger partial charge in [0, 0.05) is 24.5 Å². The van der Waals surface area contributed by atoms with E-state index >= 15 is 0 Å². The Balaban J connectivity index is 0.00000131. The molecule has 2 aromatic carbocycles. The minimum atomic E-state index is 0. The van der Waals surface area contributed by atoms with Gasteiger partial charge in [0.1, 0.15) is 0 Å². The molecule has 0 unspecified atom stereocenters. The quantitative estimate of drug-likeness (QED) is 0.727. The number of nitrogens with one attached hydrogen (secondary N) is 2. The number of hydrogen-bond acceptors (Lipinski definition) is 3. The Morgan fingerprint density at radius 3 is 2.52 bits per heavy atom. The van der Waals surface area contributed by atoms with E-state index in [0.717, 1.165) is 37.7 Å². The van der Waals surface area contributed by atoms with Crippen molar-refractivity contribution in [1.82, 2.24) is 5.32 Å². The zero-order valence-electron chi connectivity index (χ0n) is 15.3. The number of nitrogens with zero attached hydrogens (tertiary/aromatic N) is 1. The molecule has 0 saturated heterocycles. The monoisotopic (exact) mass is 407 g/mol. The molecule has 1 saturated carbocycles. The number of carbonyl (C=O) groups is 1. The van der Waals surface area contributed by atoms with E-state index in [0.29, 0.717) is 6.54 Å². The lowest BCUT2D eigenvalue weighted by Crippen LogP contribution is -2.29. The van der Waals surface area contributed by atoms with Gasteiger partial charge in [0.05, 0.1) is 6.54 Å². The lowest BCUT2D eigenvalue weighted by atomic mass is 10.1. The van der Waals surface area contributed by atoms with Crippen LogP contribution < -0.4 is 15.5 Å². The molecule has 1 aliphatic carbocycles. The van der Waals surface area contributed by atoms with Gasteiger partial charge in [-0.05, 0) is 61.1 Å². The molecule has 4 rings (SSSR count). The summed E-state index contributed by atoms with van der Waals surface area (Å²) >= 11 is 0. The molecular formula is C21H27Cl2N3O. The standard InChI is InChI=1S/C21H25N3O.2ClH/c25-21(14-22-13-16-5-6-16)23-19-9-7-17(8-10-19)15-24-12-11-18-3-1-2-4-20(18)24;;/h1-4,7-10,16,22H,5-6,11-15H2,(H,23,25);2*1H. The van der Waals surface area contributed by atoms with Gasteiger partial charge in [-0.3, -0.25) is 4.79 Å². The van der Waals surface area contributed by atoms with Gasteiger partial charge in [-0.1, -0.05) is 30.3 Å². The van der Waals surface area contributed by atoms with Crippen LogP contribution in [0.5, 0.6) is 0 Å². The summed E-state index contributed by atoms with van der Waals surface area (Å²) in [7, 11) is 0. The van der Waals surface area contributed by atoms with E-state index in [2.05, 4.69) is 51.9 Å². The number of para-hydroxylation sites is 1. The first-order chi connectivity index (χ1) is 12.3. The number of fused-ring (bicyclic) bond motifs is 1. The topological polar surface area (TPSA) is 44.4 Å². The fourth-order valence-electron chi connectivity index (χ4n) is 3.40. The van der Waals surface area contributed by atoms with Crippen LogP contribution in [-0.4, -0.2) is 25.5 Å². The van der Waals surface area contributed by atoms with Gasteiger partial charge in [-0.2, -0.15) is 0 Å². The highest BCUT2D eigenvalue weighted by Crippen LogP contribution is 2.29. The molecule has 0 radical (unpaired) electrons. The fraction of sp³-hybridized carbons (Fsp3) is 0.381. The summed E-state index contributed by atoms with van der Waals surface area (Å²) in [5.41, 5.74) is 4.91. The third kappa shape index (κ3) is 5.86. The summed E-state index contributed by atoms with van der Waals surface area (Å²) in [4.78, 5) is 14.4. The molecule has 2 N–H and O–H groups in total. The molecule has 6 heteroatoms. The summed E-state index contributed by atoms with van der Waals surface area (Å²) in [6.07, 6.45) is 3.73. The van der Waals surface area contributed by atoms with Crippen molar-refractivity contribution in [3.05, 3.63) is 59.7 Å². The van der Waals surface area contributed by atoms with Crippen LogP contribution in [-0.2, 0) is 17.8 Å². The molecular weight excluding hydrogens is 381 g/mol. The lowest BCUT2D eigenvalue weighted by Gasteiger charge is -2.19. The highest BCUT2D eigenvalue weighted by atomic mass is 35.5. The Hall–Kier alpha value is -1.75. The second-order valence-electron chi connectivity index (χ2n) is 7.12. The van der Waals surface area contributed by atoms with Crippen LogP contribution in [0.15, 0.2) is 48.5 Å². The predicted octanol–water partition coefficient (Wildman–Crippen LogP) is 4.03. The number of hydrogen-bond donors (Lipinski definition) is 2. The highest BCUT2D eigenvalue weighted by Gasteiger charge is 2.20. The Morgan fingerprint density at radius 2 is 1.78 bits per heavy atom. The molecule has 27 heavy (non-hydrogen) atoms. The van der Waals surface area contributed by atoms with Gasteiger partial charge >= 0.3 is 0 Å². The normalized spacial score (nSPS) is 14.7. The maximum Gasteiger partial charge on any atom is 0.238 e. The molecule has 1 aliphatic heterocycles. The van der Waals surface area contributed by atoms with E-state index < -0.39 is 0 Å². The molecule has 0 aromatic heterocycles. The first-order valence-corrected chi connectivity index (χ1v) is 9.20. The third-order valence-corrected chi connectivity index (χ3v) is 5.01. The van der Waals surface area contributed by atoms with Crippen molar-refractivity contribution < 1.29 is 4.79 Å². The van der Waals surface area contributed by atoms with Crippen LogP contribution >= 0.6 is 24.8 Å². The lowest BCUT2D eigenvalue weighted by molar-refractivity contribution is -0.115. The second kappa shape index (κ2) is 9.98. The summed E-state index contributed by atoms with van der Waals surface area (Å²) < 4.78 is 0. The molecule has 2 aliphatic rings. The average molecular weight is 408 g/mol. The van der Waals surface area contributed by atoms with Gasteiger partial charge < -0.3 is 15.5 Å². The minimum absolute atomic E-state index is 0. The van der Waals surface area contributed by atoms with E-state index in [1.165, 1.54) is 29.7 Å². The molecule has 0 bridgehead atoms. The van der Waals surface area contributed by atoms with Crippen LogP contribution in [0.3, 0.4) is 0 Å². The third-order valence-electron chi connectivity index (χ3n) is 5.01. The first kappa shape index (κ1) is 21.5. The molecule has 4 nitrogen and oxygen atoms in total. The van der Waals surface area contributed by atoms with Crippen molar-refractivity contribution in [2.45, 2.75) is 25.8 Å². The number of anilines is 2. The number of amides is 1. The smallest absolute Gasteiger partial charge is 0.238 e. The predicted molar refractivity (Wildman–Crippen MR) is 116 cm³/mol. The van der Waals surface area contributed by atoms with Crippen LogP contribution in [0.25, 0.3) is 0 Å². The molecule has 0 spiro atoms. The maximum atomic E-state index is 11.9. The van der Waals surface area contributed by atoms with Gasteiger partial charge in [0.15, 0.2) is 0 Å². The van der Waals surface area contributed by atoms with Crippen molar-refractivity contribution in [3.8, 4) is 0 Å². The molecule has 1 amide bonds. The highest BCUT2D eigenvalue weighted by molar-refractivity contribution is 5.92. The number of benzene rings is 2. The van der Waals surface area contributed by atoms with Gasteiger partial charge in [-0.25, -0.2) is 0 Å². The number of rotatable bonds is 7. The SMILES string of the molecule is Cl.Cl.O=C(CNCC1CC1)Nc1ccc(CN2CCc3ccccc32)cc1. The van der Waals surface area contributed by atoms with Crippen LogP contribution in [0.1, 0.15) is 24.0 Å². The van der Waals surface area contributed by atoms with Crippen molar-refractivity contribution in [3.63, 3.8) is 0 Å². The molecule has 2 aromatic rings. The van der Waals surface area contributed by atoms with E-state index in [4.69, 9.17) is 0 Å². The largest absolute Gasteiger partial charge is 0.367 e. The maximum absolute atomic E-state index is 11.9. The van der Waals surface area contributed by atoms with Crippen molar-refractivity contribution in [2.75, 3.05) is 29.9 Å². The number of carbonyl (C=O) groups excluding carboxylic acids is 1. The molecule has 0 atom stereocenters. The van der Waals surface area contributed by atoms with Crippen LogP contribution in [0, 0.1) is 5.92 Å². The van der Waals surface area contributed by atoms with Crippen molar-refractivity contribution >= 4 is 42.1 Å². The zero-order valence-corrected chi connectivity index (χ0v) is 17.0. The van der Waals surface area contributed by atoms with Crippen molar-refractivity contribution in [1.29, 1.82) is 0 Å². The van der Waals surface area contributed by atoms with Crippen LogP contribution in [0.4, 0.5) is 11.4 Å². The number of halogens is 2. The fourth-order valence-corrected chi connectivity index (χ4v) is 3.40. The molecule has 1 fully saturated rings. The zero-order chi connectivity index (χ0) is 17.1. The Kier molecular flexibility index (Phi) is 7.96. The summed E-state index contributed by atoms with van der Waals surface area (Å²) in [5.74, 6) is 0.824. The summed E-state index contributed by atoms with van der Waals surface area (Å²) in [5, 5.41) is 6.18. The van der Waals surface area contributed by atoms with E-state index in [1.807, 2.05) is 12.1 Å². The van der Waals surface area contributed by atoms with Gasteiger partial charge in [0.2, 0.25) is 5.91 Å². The summed E-state index contributed by atoms with van der Waals surface area (Å²) in [6, 6.07) is 16.8. The Morgan fingerprint density at radius 1 is 1.04 bits per heavy atom. The Bertz CT molecular complexity index is 747. The van der Waals surface area contributed by atoms with Crippen LogP contribution in [0.2, 0.25) is 0 Å². The van der Waals surface area contributed by atoms with E-state index in [9.17, 15) is 4.79 Å².